The van der Waals surface area contributed by atoms with Crippen LogP contribution in [0.15, 0.2) is 42.6 Å². The molecule has 1 N–H and O–H groups in total. The number of hydrogen-bond donors (Lipinski definition) is 1. The van der Waals surface area contributed by atoms with Gasteiger partial charge in [-0.3, -0.25) is 0 Å². The van der Waals surface area contributed by atoms with Gasteiger partial charge in [0.15, 0.2) is 0 Å². The number of benzene rings is 1. The lowest BCUT2D eigenvalue weighted by atomic mass is 10.0. The lowest BCUT2D eigenvalue weighted by molar-refractivity contribution is 0.867. The van der Waals surface area contributed by atoms with Crippen LogP contribution in [0.25, 0.3) is 0 Å². The van der Waals surface area contributed by atoms with E-state index in [-0.39, 0.29) is 0 Å². The summed E-state index contributed by atoms with van der Waals surface area (Å²) in [5.74, 6) is 1.46. The van der Waals surface area contributed by atoms with E-state index in [2.05, 4.69) is 55.3 Å². The number of pyridine rings is 1. The molecule has 2 aromatic rings. The van der Waals surface area contributed by atoms with Crippen molar-refractivity contribution in [3.05, 3.63) is 53.7 Å². The predicted molar refractivity (Wildman–Crippen MR) is 72.8 cm³/mol. The van der Waals surface area contributed by atoms with Crippen LogP contribution in [0.3, 0.4) is 0 Å². The zero-order valence-corrected chi connectivity index (χ0v) is 10.6. The van der Waals surface area contributed by atoms with Crippen molar-refractivity contribution in [1.29, 1.82) is 0 Å². The normalized spacial score (nSPS) is 10.6. The standard InChI is InChI=1S/C15H18N2/c1-11(2)13-4-6-14(7-5-13)17-15-10-12(3)8-9-16-15/h4-11H,1-3H3,(H,16,17). The van der Waals surface area contributed by atoms with Gasteiger partial charge in [-0.1, -0.05) is 26.0 Å². The highest BCUT2D eigenvalue weighted by atomic mass is 15.0. The summed E-state index contributed by atoms with van der Waals surface area (Å²) in [7, 11) is 0. The van der Waals surface area contributed by atoms with E-state index in [9.17, 15) is 0 Å². The van der Waals surface area contributed by atoms with Crippen LogP contribution in [0.2, 0.25) is 0 Å². The molecule has 1 heterocycles. The summed E-state index contributed by atoms with van der Waals surface area (Å²) in [6.45, 7) is 6.46. The molecule has 0 amide bonds. The Balaban J connectivity index is 2.14. The van der Waals surface area contributed by atoms with Gasteiger partial charge in [0, 0.05) is 11.9 Å². The van der Waals surface area contributed by atoms with Gasteiger partial charge in [0.25, 0.3) is 0 Å². The molecule has 0 saturated heterocycles. The van der Waals surface area contributed by atoms with Gasteiger partial charge in [0.05, 0.1) is 0 Å². The van der Waals surface area contributed by atoms with Crippen LogP contribution < -0.4 is 5.32 Å². The van der Waals surface area contributed by atoms with Crippen LogP contribution in [0.5, 0.6) is 0 Å². The molecule has 17 heavy (non-hydrogen) atoms. The minimum absolute atomic E-state index is 0.571. The minimum Gasteiger partial charge on any atom is -0.340 e. The van der Waals surface area contributed by atoms with Crippen molar-refractivity contribution in [2.45, 2.75) is 26.7 Å². The van der Waals surface area contributed by atoms with Crippen molar-refractivity contribution in [3.8, 4) is 0 Å². The van der Waals surface area contributed by atoms with Crippen molar-refractivity contribution in [1.82, 2.24) is 4.98 Å². The summed E-state index contributed by atoms with van der Waals surface area (Å²) < 4.78 is 0. The fraction of sp³-hybridized carbons (Fsp3) is 0.267. The van der Waals surface area contributed by atoms with Crippen LogP contribution in [0.4, 0.5) is 11.5 Å². The fourth-order valence-electron chi connectivity index (χ4n) is 1.70. The molecule has 1 aromatic heterocycles. The van der Waals surface area contributed by atoms with Crippen LogP contribution in [-0.4, -0.2) is 4.98 Å². The van der Waals surface area contributed by atoms with E-state index in [1.165, 1.54) is 11.1 Å². The molecule has 0 saturated carbocycles. The molecule has 88 valence electrons. The van der Waals surface area contributed by atoms with Gasteiger partial charge in [-0.25, -0.2) is 4.98 Å². The molecule has 2 nitrogen and oxygen atoms in total. The molecule has 0 unspecified atom stereocenters. The Hall–Kier alpha value is -1.83. The van der Waals surface area contributed by atoms with Gasteiger partial charge in [-0.2, -0.15) is 0 Å². The molecule has 0 fully saturated rings. The second-order valence-electron chi connectivity index (χ2n) is 4.62. The lowest BCUT2D eigenvalue weighted by Crippen LogP contribution is -1.94. The third kappa shape index (κ3) is 3.06. The monoisotopic (exact) mass is 226 g/mol. The molecule has 0 atom stereocenters. The highest BCUT2D eigenvalue weighted by Gasteiger charge is 1.99. The minimum atomic E-state index is 0.571. The van der Waals surface area contributed by atoms with E-state index >= 15 is 0 Å². The Kier molecular flexibility index (Phi) is 3.43. The Labute approximate surface area is 103 Å². The maximum absolute atomic E-state index is 4.28. The van der Waals surface area contributed by atoms with E-state index < -0.39 is 0 Å². The number of rotatable bonds is 3. The van der Waals surface area contributed by atoms with Gasteiger partial charge in [0.2, 0.25) is 0 Å². The summed E-state index contributed by atoms with van der Waals surface area (Å²) in [4.78, 5) is 4.28. The van der Waals surface area contributed by atoms with Gasteiger partial charge < -0.3 is 5.32 Å². The Bertz CT molecular complexity index is 487. The van der Waals surface area contributed by atoms with E-state index in [1.54, 1.807) is 0 Å². The molecule has 0 radical (unpaired) electrons. The average Bonchev–Trinajstić information content (AvgIpc) is 2.29. The maximum atomic E-state index is 4.28. The van der Waals surface area contributed by atoms with E-state index in [0.29, 0.717) is 5.92 Å². The van der Waals surface area contributed by atoms with Gasteiger partial charge >= 0.3 is 0 Å². The number of hydrogen-bond acceptors (Lipinski definition) is 2. The van der Waals surface area contributed by atoms with Gasteiger partial charge in [0.1, 0.15) is 5.82 Å². The maximum Gasteiger partial charge on any atom is 0.130 e. The van der Waals surface area contributed by atoms with Crippen molar-refractivity contribution in [2.24, 2.45) is 0 Å². The molecular formula is C15H18N2. The third-order valence-electron chi connectivity index (χ3n) is 2.77. The first-order valence-corrected chi connectivity index (χ1v) is 5.95. The summed E-state index contributed by atoms with van der Waals surface area (Å²) in [5.41, 5.74) is 3.64. The van der Waals surface area contributed by atoms with E-state index in [1.807, 2.05) is 18.3 Å². The van der Waals surface area contributed by atoms with Crippen molar-refractivity contribution < 1.29 is 0 Å². The first-order chi connectivity index (χ1) is 8.15. The Morgan fingerprint density at radius 3 is 2.35 bits per heavy atom. The predicted octanol–water partition coefficient (Wildman–Crippen LogP) is 4.26. The second-order valence-corrected chi connectivity index (χ2v) is 4.62. The summed E-state index contributed by atoms with van der Waals surface area (Å²) in [6, 6.07) is 12.5. The van der Waals surface area contributed by atoms with Crippen molar-refractivity contribution >= 4 is 11.5 Å². The summed E-state index contributed by atoms with van der Waals surface area (Å²) >= 11 is 0. The van der Waals surface area contributed by atoms with E-state index in [0.717, 1.165) is 11.5 Å². The Morgan fingerprint density at radius 1 is 1.06 bits per heavy atom. The molecule has 0 aliphatic rings. The molecule has 0 bridgehead atoms. The molecule has 2 heteroatoms. The first kappa shape index (κ1) is 11.6. The number of aryl methyl sites for hydroxylation is 1. The zero-order chi connectivity index (χ0) is 12.3. The SMILES string of the molecule is Cc1ccnc(Nc2ccc(C(C)C)cc2)c1. The molecule has 0 spiro atoms. The van der Waals surface area contributed by atoms with Gasteiger partial charge in [-0.05, 0) is 48.2 Å². The molecule has 1 aromatic carbocycles. The molecule has 0 aliphatic heterocycles. The second kappa shape index (κ2) is 5.00. The lowest BCUT2D eigenvalue weighted by Gasteiger charge is -2.09. The van der Waals surface area contributed by atoms with Crippen molar-refractivity contribution in [3.63, 3.8) is 0 Å². The number of aromatic nitrogens is 1. The number of anilines is 2. The number of nitrogens with one attached hydrogen (secondary N) is 1. The molecular weight excluding hydrogens is 208 g/mol. The molecule has 2 rings (SSSR count). The van der Waals surface area contributed by atoms with Crippen LogP contribution in [0.1, 0.15) is 30.9 Å². The highest BCUT2D eigenvalue weighted by Crippen LogP contribution is 2.19. The smallest absolute Gasteiger partial charge is 0.130 e. The molecule has 0 aliphatic carbocycles. The van der Waals surface area contributed by atoms with Gasteiger partial charge in [-0.15, -0.1) is 0 Å². The summed E-state index contributed by atoms with van der Waals surface area (Å²) in [6.07, 6.45) is 1.82. The third-order valence-corrected chi connectivity index (χ3v) is 2.77. The first-order valence-electron chi connectivity index (χ1n) is 5.95. The summed E-state index contributed by atoms with van der Waals surface area (Å²) in [5, 5.41) is 3.30. The average molecular weight is 226 g/mol. The fourth-order valence-corrected chi connectivity index (χ4v) is 1.70. The van der Waals surface area contributed by atoms with Crippen LogP contribution in [-0.2, 0) is 0 Å². The highest BCUT2D eigenvalue weighted by molar-refractivity contribution is 5.56. The largest absolute Gasteiger partial charge is 0.340 e. The number of nitrogens with zero attached hydrogens (tertiary/aromatic N) is 1. The van der Waals surface area contributed by atoms with Crippen LogP contribution in [0, 0.1) is 6.92 Å². The Morgan fingerprint density at radius 2 is 1.76 bits per heavy atom. The van der Waals surface area contributed by atoms with Crippen molar-refractivity contribution in [2.75, 3.05) is 5.32 Å². The zero-order valence-electron chi connectivity index (χ0n) is 10.6. The van der Waals surface area contributed by atoms with E-state index in [4.69, 9.17) is 0 Å². The topological polar surface area (TPSA) is 24.9 Å². The van der Waals surface area contributed by atoms with Crippen LogP contribution >= 0.6 is 0 Å². The quantitative estimate of drug-likeness (QED) is 0.846.